The van der Waals surface area contributed by atoms with Gasteiger partial charge >= 0.3 is 6.03 Å². The summed E-state index contributed by atoms with van der Waals surface area (Å²) >= 11 is 0. The first-order chi connectivity index (χ1) is 8.66. The van der Waals surface area contributed by atoms with Gasteiger partial charge in [-0.15, -0.1) is 0 Å². The predicted octanol–water partition coefficient (Wildman–Crippen LogP) is 2.40. The Morgan fingerprint density at radius 3 is 2.44 bits per heavy atom. The third-order valence-corrected chi connectivity index (χ3v) is 2.02. The molecule has 7 heteroatoms. The molecule has 2 rings (SSSR count). The zero-order valence-electron chi connectivity index (χ0n) is 9.02. The van der Waals surface area contributed by atoms with Gasteiger partial charge in [0.15, 0.2) is 0 Å². The van der Waals surface area contributed by atoms with E-state index in [9.17, 15) is 13.6 Å². The fourth-order valence-corrected chi connectivity index (χ4v) is 1.24. The second-order valence-electron chi connectivity index (χ2n) is 3.27. The molecule has 1 heterocycles. The fourth-order valence-electron chi connectivity index (χ4n) is 1.24. The van der Waals surface area contributed by atoms with Gasteiger partial charge in [-0.05, 0) is 18.2 Å². The van der Waals surface area contributed by atoms with Gasteiger partial charge in [0.1, 0.15) is 29.5 Å². The molecule has 0 aliphatic heterocycles. The average Bonchev–Trinajstić information content (AvgIpc) is 2.35. The maximum absolute atomic E-state index is 13.2. The van der Waals surface area contributed by atoms with E-state index in [1.165, 1.54) is 24.7 Å². The van der Waals surface area contributed by atoms with Crippen molar-refractivity contribution in [1.29, 1.82) is 0 Å². The van der Waals surface area contributed by atoms with Gasteiger partial charge < -0.3 is 5.32 Å². The number of nitrogens with zero attached hydrogens (tertiary/aromatic N) is 2. The van der Waals surface area contributed by atoms with E-state index in [1.54, 1.807) is 0 Å². The molecule has 0 radical (unpaired) electrons. The van der Waals surface area contributed by atoms with Crippen LogP contribution in [-0.2, 0) is 0 Å². The lowest BCUT2D eigenvalue weighted by Gasteiger charge is -2.08. The average molecular weight is 250 g/mol. The molecule has 0 unspecified atom stereocenters. The summed E-state index contributed by atoms with van der Waals surface area (Å²) in [5.41, 5.74) is -0.510. The molecular formula is C11H8F2N4O. The van der Waals surface area contributed by atoms with E-state index in [2.05, 4.69) is 20.6 Å². The van der Waals surface area contributed by atoms with Gasteiger partial charge in [-0.1, -0.05) is 6.07 Å². The molecule has 0 saturated carbocycles. The van der Waals surface area contributed by atoms with Gasteiger partial charge in [0, 0.05) is 6.20 Å². The highest BCUT2D eigenvalue weighted by Gasteiger charge is 2.11. The van der Waals surface area contributed by atoms with Crippen molar-refractivity contribution in [2.45, 2.75) is 0 Å². The number of aromatic nitrogens is 2. The topological polar surface area (TPSA) is 66.9 Å². The smallest absolute Gasteiger partial charge is 0.303 e. The molecule has 0 atom stereocenters. The van der Waals surface area contributed by atoms with Crippen LogP contribution in [0.25, 0.3) is 0 Å². The molecule has 0 aliphatic carbocycles. The Balaban J connectivity index is 2.08. The van der Waals surface area contributed by atoms with E-state index in [4.69, 9.17) is 0 Å². The van der Waals surface area contributed by atoms with E-state index in [1.807, 2.05) is 0 Å². The number of anilines is 2. The zero-order chi connectivity index (χ0) is 13.0. The van der Waals surface area contributed by atoms with Crippen LogP contribution in [0.5, 0.6) is 0 Å². The Bertz CT molecular complexity index is 542. The summed E-state index contributed by atoms with van der Waals surface area (Å²) in [6, 6.07) is 3.94. The van der Waals surface area contributed by atoms with Crippen molar-refractivity contribution in [2.24, 2.45) is 0 Å². The number of hydrogen-bond donors (Lipinski definition) is 2. The summed E-state index contributed by atoms with van der Waals surface area (Å²) in [7, 11) is 0. The van der Waals surface area contributed by atoms with Crippen LogP contribution in [0, 0.1) is 11.6 Å². The lowest BCUT2D eigenvalue weighted by molar-refractivity contribution is 0.262. The molecular weight excluding hydrogens is 242 g/mol. The number of rotatable bonds is 2. The summed E-state index contributed by atoms with van der Waals surface area (Å²) in [5.74, 6) is -1.49. The second-order valence-corrected chi connectivity index (χ2v) is 3.27. The zero-order valence-corrected chi connectivity index (χ0v) is 9.02. The molecule has 1 aromatic carbocycles. The van der Waals surface area contributed by atoms with Gasteiger partial charge in [0.05, 0.1) is 0 Å². The maximum atomic E-state index is 13.2. The van der Waals surface area contributed by atoms with Crippen LogP contribution in [0.15, 0.2) is 36.8 Å². The van der Waals surface area contributed by atoms with Gasteiger partial charge in [0.2, 0.25) is 0 Å². The number of hydrogen-bond acceptors (Lipinski definition) is 3. The summed E-state index contributed by atoms with van der Waals surface area (Å²) in [6.07, 6.45) is 2.66. The van der Waals surface area contributed by atoms with Crippen molar-refractivity contribution >= 4 is 17.5 Å². The van der Waals surface area contributed by atoms with Crippen LogP contribution in [0.1, 0.15) is 0 Å². The minimum atomic E-state index is -0.854. The molecule has 2 aromatic rings. The first-order valence-corrected chi connectivity index (χ1v) is 4.95. The van der Waals surface area contributed by atoms with E-state index in [-0.39, 0.29) is 5.82 Å². The van der Waals surface area contributed by atoms with Crippen molar-refractivity contribution in [3.05, 3.63) is 48.4 Å². The first kappa shape index (κ1) is 11.9. The lowest BCUT2D eigenvalue weighted by atomic mass is 10.3. The Hall–Kier alpha value is -2.57. The first-order valence-electron chi connectivity index (χ1n) is 4.95. The largest absolute Gasteiger partial charge is 0.325 e. The standard InChI is InChI=1S/C11H8F2N4O/c12-7-2-1-3-8(13)10(7)17-11(18)16-9-4-5-14-6-15-9/h1-6H,(H2,14,15,16,17,18). The quantitative estimate of drug-likeness (QED) is 0.860. The van der Waals surface area contributed by atoms with E-state index in [0.717, 1.165) is 12.1 Å². The highest BCUT2D eigenvalue weighted by atomic mass is 19.1. The molecule has 1 aromatic heterocycles. The van der Waals surface area contributed by atoms with Crippen molar-refractivity contribution in [2.75, 3.05) is 10.6 Å². The Labute approximate surface area is 101 Å². The summed E-state index contributed by atoms with van der Waals surface area (Å²) in [6.45, 7) is 0. The summed E-state index contributed by atoms with van der Waals surface area (Å²) < 4.78 is 26.5. The van der Waals surface area contributed by atoms with Gasteiger partial charge in [-0.25, -0.2) is 23.5 Å². The van der Waals surface area contributed by atoms with Gasteiger partial charge in [-0.3, -0.25) is 5.32 Å². The Morgan fingerprint density at radius 2 is 1.83 bits per heavy atom. The Kier molecular flexibility index (Phi) is 3.42. The number of benzene rings is 1. The van der Waals surface area contributed by atoms with E-state index >= 15 is 0 Å². The van der Waals surface area contributed by atoms with Crippen molar-refractivity contribution in [3.8, 4) is 0 Å². The number of nitrogens with one attached hydrogen (secondary N) is 2. The van der Waals surface area contributed by atoms with Crippen LogP contribution in [0.2, 0.25) is 0 Å². The molecule has 0 bridgehead atoms. The Morgan fingerprint density at radius 1 is 1.11 bits per heavy atom. The van der Waals surface area contributed by atoms with Crippen LogP contribution >= 0.6 is 0 Å². The highest BCUT2D eigenvalue weighted by Crippen LogP contribution is 2.18. The van der Waals surface area contributed by atoms with E-state index in [0.29, 0.717) is 0 Å². The van der Waals surface area contributed by atoms with Gasteiger partial charge in [-0.2, -0.15) is 0 Å². The molecule has 0 aliphatic rings. The SMILES string of the molecule is O=C(Nc1ccncn1)Nc1c(F)cccc1F. The number of para-hydroxylation sites is 1. The van der Waals surface area contributed by atoms with Crippen LogP contribution < -0.4 is 10.6 Å². The maximum Gasteiger partial charge on any atom is 0.325 e. The van der Waals surface area contributed by atoms with E-state index < -0.39 is 23.4 Å². The monoisotopic (exact) mass is 250 g/mol. The van der Waals surface area contributed by atoms with Crippen molar-refractivity contribution < 1.29 is 13.6 Å². The lowest BCUT2D eigenvalue weighted by Crippen LogP contribution is -2.21. The third-order valence-electron chi connectivity index (χ3n) is 2.02. The number of halogens is 2. The van der Waals surface area contributed by atoms with Crippen molar-refractivity contribution in [3.63, 3.8) is 0 Å². The normalized spacial score (nSPS) is 9.89. The molecule has 2 N–H and O–H groups in total. The van der Waals surface area contributed by atoms with Crippen LogP contribution in [0.3, 0.4) is 0 Å². The molecule has 0 spiro atoms. The number of amides is 2. The summed E-state index contributed by atoms with van der Waals surface area (Å²) in [4.78, 5) is 18.9. The second kappa shape index (κ2) is 5.17. The molecule has 18 heavy (non-hydrogen) atoms. The molecule has 0 fully saturated rings. The highest BCUT2D eigenvalue weighted by molar-refractivity contribution is 5.99. The number of urea groups is 1. The minimum absolute atomic E-state index is 0.222. The number of carbonyl (C=O) groups is 1. The fraction of sp³-hybridized carbons (Fsp3) is 0. The molecule has 5 nitrogen and oxygen atoms in total. The predicted molar refractivity (Wildman–Crippen MR) is 61.0 cm³/mol. The van der Waals surface area contributed by atoms with Crippen molar-refractivity contribution in [1.82, 2.24) is 9.97 Å². The van der Waals surface area contributed by atoms with Crippen LogP contribution in [-0.4, -0.2) is 16.0 Å². The molecule has 2 amide bonds. The minimum Gasteiger partial charge on any atom is -0.303 e. The number of carbonyl (C=O) groups excluding carboxylic acids is 1. The van der Waals surface area contributed by atoms with Gasteiger partial charge in [0.25, 0.3) is 0 Å². The van der Waals surface area contributed by atoms with Crippen LogP contribution in [0.4, 0.5) is 25.1 Å². The third kappa shape index (κ3) is 2.76. The molecule has 0 saturated heterocycles. The summed E-state index contributed by atoms with van der Waals surface area (Å²) in [5, 5.41) is 4.38. The molecule has 92 valence electrons.